The van der Waals surface area contributed by atoms with E-state index in [4.69, 9.17) is 9.15 Å². The summed E-state index contributed by atoms with van der Waals surface area (Å²) in [5.41, 5.74) is 2.21. The zero-order valence-corrected chi connectivity index (χ0v) is 13.2. The number of aromatic nitrogens is 2. The Balaban J connectivity index is 1.62. The smallest absolute Gasteiger partial charge is 0.224 e. The van der Waals surface area contributed by atoms with Gasteiger partial charge in [-0.1, -0.05) is 12.1 Å². The Kier molecular flexibility index (Phi) is 4.86. The Labute approximate surface area is 139 Å². The minimum Gasteiger partial charge on any atom is -0.497 e. The van der Waals surface area contributed by atoms with Gasteiger partial charge in [-0.05, 0) is 29.8 Å². The predicted molar refractivity (Wildman–Crippen MR) is 88.3 cm³/mol. The Morgan fingerprint density at radius 1 is 1.17 bits per heavy atom. The third kappa shape index (κ3) is 3.78. The maximum atomic E-state index is 12.1. The van der Waals surface area contributed by atoms with Crippen LogP contribution in [-0.2, 0) is 17.8 Å². The Bertz CT molecular complexity index is 799. The molecule has 6 nitrogen and oxygen atoms in total. The molecule has 3 aromatic rings. The number of nitrogens with one attached hydrogen (secondary N) is 1. The first-order valence-corrected chi connectivity index (χ1v) is 7.49. The quantitative estimate of drug-likeness (QED) is 0.754. The van der Waals surface area contributed by atoms with Crippen molar-refractivity contribution in [2.24, 2.45) is 0 Å². The molecule has 2 heterocycles. The molecule has 1 amide bonds. The van der Waals surface area contributed by atoms with Crippen LogP contribution in [0.1, 0.15) is 11.3 Å². The second-order valence-electron chi connectivity index (χ2n) is 5.13. The van der Waals surface area contributed by atoms with Gasteiger partial charge in [-0.15, -0.1) is 0 Å². The van der Waals surface area contributed by atoms with Crippen molar-refractivity contribution < 1.29 is 13.9 Å². The standard InChI is InChI=1S/C18H17N3O3/c1-23-14-6-4-13(5-7-14)11-17(22)21-12-15-18(20-9-8-19-15)16-3-2-10-24-16/h2-10H,11-12H2,1H3,(H,21,22). The van der Waals surface area contributed by atoms with Crippen LogP contribution >= 0.6 is 0 Å². The topological polar surface area (TPSA) is 77.2 Å². The molecule has 0 spiro atoms. The molecule has 24 heavy (non-hydrogen) atoms. The van der Waals surface area contributed by atoms with Crippen LogP contribution in [0.3, 0.4) is 0 Å². The van der Waals surface area contributed by atoms with Crippen molar-refractivity contribution in [1.29, 1.82) is 0 Å². The van der Waals surface area contributed by atoms with Gasteiger partial charge in [0.25, 0.3) is 0 Å². The van der Waals surface area contributed by atoms with E-state index < -0.39 is 0 Å². The highest BCUT2D eigenvalue weighted by atomic mass is 16.5. The Hall–Kier alpha value is -3.15. The number of ether oxygens (including phenoxy) is 1. The van der Waals surface area contributed by atoms with Gasteiger partial charge in [0, 0.05) is 12.4 Å². The fourth-order valence-electron chi connectivity index (χ4n) is 2.29. The molecule has 0 aliphatic carbocycles. The summed E-state index contributed by atoms with van der Waals surface area (Å²) in [4.78, 5) is 20.7. The lowest BCUT2D eigenvalue weighted by Crippen LogP contribution is -2.25. The molecule has 0 aliphatic heterocycles. The van der Waals surface area contributed by atoms with Gasteiger partial charge >= 0.3 is 0 Å². The molecule has 0 saturated carbocycles. The van der Waals surface area contributed by atoms with Gasteiger partial charge in [-0.2, -0.15) is 0 Å². The van der Waals surface area contributed by atoms with E-state index in [0.29, 0.717) is 30.1 Å². The van der Waals surface area contributed by atoms with E-state index in [-0.39, 0.29) is 5.91 Å². The summed E-state index contributed by atoms with van der Waals surface area (Å²) >= 11 is 0. The average Bonchev–Trinajstić information content (AvgIpc) is 3.15. The third-order valence-electron chi connectivity index (χ3n) is 3.51. The van der Waals surface area contributed by atoms with Crippen molar-refractivity contribution in [2.75, 3.05) is 7.11 Å². The van der Waals surface area contributed by atoms with E-state index in [1.807, 2.05) is 30.3 Å². The first kappa shape index (κ1) is 15.7. The van der Waals surface area contributed by atoms with Crippen LogP contribution in [-0.4, -0.2) is 23.0 Å². The van der Waals surface area contributed by atoms with Crippen LogP contribution in [0.25, 0.3) is 11.5 Å². The molecular formula is C18H17N3O3. The molecule has 0 bridgehead atoms. The van der Waals surface area contributed by atoms with Crippen LogP contribution in [0.15, 0.2) is 59.5 Å². The van der Waals surface area contributed by atoms with Gasteiger partial charge in [0.2, 0.25) is 5.91 Å². The van der Waals surface area contributed by atoms with E-state index in [0.717, 1.165) is 11.3 Å². The normalized spacial score (nSPS) is 10.4. The van der Waals surface area contributed by atoms with Crippen molar-refractivity contribution in [1.82, 2.24) is 15.3 Å². The van der Waals surface area contributed by atoms with Crippen molar-refractivity contribution in [3.63, 3.8) is 0 Å². The maximum absolute atomic E-state index is 12.1. The fraction of sp³-hybridized carbons (Fsp3) is 0.167. The lowest BCUT2D eigenvalue weighted by Gasteiger charge is -2.08. The second-order valence-corrected chi connectivity index (χ2v) is 5.13. The number of carbonyl (C=O) groups is 1. The summed E-state index contributed by atoms with van der Waals surface area (Å²) in [6, 6.07) is 11.0. The van der Waals surface area contributed by atoms with Crippen molar-refractivity contribution in [3.8, 4) is 17.2 Å². The number of furan rings is 1. The molecule has 0 saturated heterocycles. The van der Waals surface area contributed by atoms with Crippen LogP contribution in [0.5, 0.6) is 5.75 Å². The first-order valence-electron chi connectivity index (χ1n) is 7.49. The van der Waals surface area contributed by atoms with Crippen LogP contribution in [0.4, 0.5) is 0 Å². The zero-order valence-electron chi connectivity index (χ0n) is 13.2. The number of carbonyl (C=O) groups excluding carboxylic acids is 1. The maximum Gasteiger partial charge on any atom is 0.224 e. The molecule has 2 aromatic heterocycles. The summed E-state index contributed by atoms with van der Waals surface area (Å²) < 4.78 is 10.5. The Morgan fingerprint density at radius 2 is 1.96 bits per heavy atom. The van der Waals surface area contributed by atoms with Gasteiger partial charge in [0.05, 0.1) is 32.0 Å². The number of nitrogens with zero attached hydrogens (tertiary/aromatic N) is 2. The Morgan fingerprint density at radius 3 is 2.67 bits per heavy atom. The number of hydrogen-bond acceptors (Lipinski definition) is 5. The highest BCUT2D eigenvalue weighted by Crippen LogP contribution is 2.19. The van der Waals surface area contributed by atoms with E-state index in [9.17, 15) is 4.79 Å². The summed E-state index contributed by atoms with van der Waals surface area (Å²) in [5.74, 6) is 1.31. The van der Waals surface area contributed by atoms with E-state index in [1.165, 1.54) is 0 Å². The SMILES string of the molecule is COc1ccc(CC(=O)NCc2nccnc2-c2ccco2)cc1. The van der Waals surface area contributed by atoms with Crippen molar-refractivity contribution in [3.05, 3.63) is 66.3 Å². The van der Waals surface area contributed by atoms with Gasteiger partial charge in [0.15, 0.2) is 5.76 Å². The fourth-order valence-corrected chi connectivity index (χ4v) is 2.29. The largest absolute Gasteiger partial charge is 0.497 e. The highest BCUT2D eigenvalue weighted by Gasteiger charge is 2.11. The number of rotatable bonds is 6. The van der Waals surface area contributed by atoms with Gasteiger partial charge in [0.1, 0.15) is 11.4 Å². The summed E-state index contributed by atoms with van der Waals surface area (Å²) in [7, 11) is 1.61. The molecule has 0 unspecified atom stereocenters. The molecule has 0 radical (unpaired) electrons. The van der Waals surface area contributed by atoms with Crippen LogP contribution < -0.4 is 10.1 Å². The minimum absolute atomic E-state index is 0.0868. The third-order valence-corrected chi connectivity index (χ3v) is 3.51. The van der Waals surface area contributed by atoms with E-state index >= 15 is 0 Å². The number of methoxy groups -OCH3 is 1. The molecule has 0 atom stereocenters. The summed E-state index contributed by atoms with van der Waals surface area (Å²) in [6.45, 7) is 0.291. The zero-order chi connectivity index (χ0) is 16.8. The van der Waals surface area contributed by atoms with Gasteiger partial charge < -0.3 is 14.5 Å². The molecule has 1 N–H and O–H groups in total. The van der Waals surface area contributed by atoms with Gasteiger partial charge in [-0.3, -0.25) is 9.78 Å². The lowest BCUT2D eigenvalue weighted by atomic mass is 10.1. The number of amides is 1. The molecule has 0 aliphatic rings. The van der Waals surface area contributed by atoms with Crippen molar-refractivity contribution in [2.45, 2.75) is 13.0 Å². The van der Waals surface area contributed by atoms with E-state index in [1.54, 1.807) is 31.8 Å². The van der Waals surface area contributed by atoms with Crippen molar-refractivity contribution >= 4 is 5.91 Å². The van der Waals surface area contributed by atoms with Gasteiger partial charge in [-0.25, -0.2) is 4.98 Å². The molecule has 1 aromatic carbocycles. The average molecular weight is 323 g/mol. The molecular weight excluding hydrogens is 306 g/mol. The lowest BCUT2D eigenvalue weighted by molar-refractivity contribution is -0.120. The van der Waals surface area contributed by atoms with Crippen LogP contribution in [0, 0.1) is 0 Å². The monoisotopic (exact) mass is 323 g/mol. The highest BCUT2D eigenvalue weighted by molar-refractivity contribution is 5.78. The number of benzene rings is 1. The molecule has 122 valence electrons. The molecule has 0 fully saturated rings. The predicted octanol–water partition coefficient (Wildman–Crippen LogP) is 2.60. The van der Waals surface area contributed by atoms with Crippen LogP contribution in [0.2, 0.25) is 0 Å². The second kappa shape index (κ2) is 7.41. The first-order chi connectivity index (χ1) is 11.8. The number of hydrogen-bond donors (Lipinski definition) is 1. The minimum atomic E-state index is -0.0868. The molecule has 6 heteroatoms. The summed E-state index contributed by atoms with van der Waals surface area (Å²) in [6.07, 6.45) is 5.06. The van der Waals surface area contributed by atoms with E-state index in [2.05, 4.69) is 15.3 Å². The molecule has 3 rings (SSSR count). The summed E-state index contributed by atoms with van der Waals surface area (Å²) in [5, 5.41) is 2.86.